The van der Waals surface area contributed by atoms with Gasteiger partial charge in [-0.1, -0.05) is 29.8 Å². The maximum atomic E-state index is 15.3. The number of benzene rings is 2. The molecule has 1 aliphatic carbocycles. The van der Waals surface area contributed by atoms with Gasteiger partial charge in [0.1, 0.15) is 11.6 Å². The van der Waals surface area contributed by atoms with Crippen LogP contribution in [-0.2, 0) is 35.0 Å². The zero-order chi connectivity index (χ0) is 28.5. The SMILES string of the molecule is O=c1cc(C(F)(F)F)nc(-c2c(C(F)(F)F)ccc(CNC(=O)[C@H]3C[C@H](OCc4cccc(Cl)c4)C3)c2F)[nH]1. The van der Waals surface area contributed by atoms with Crippen molar-refractivity contribution >= 4 is 17.5 Å². The van der Waals surface area contributed by atoms with E-state index in [9.17, 15) is 35.9 Å². The Morgan fingerprint density at radius 3 is 2.44 bits per heavy atom. The standard InChI is InChI=1S/C25H19ClF7N3O3/c26-15-3-1-2-12(6-15)11-39-16-7-14(8-16)23(38)34-10-13-4-5-17(24(28,29)30)20(21(13)27)22-35-18(25(31,32)33)9-19(37)36-22/h1-6,9,14,16H,7-8,10-11H2,(H,34,38)(H,35,36,37)/t14-,16-. The number of amides is 1. The highest BCUT2D eigenvalue weighted by Crippen LogP contribution is 2.39. The fourth-order valence-corrected chi connectivity index (χ4v) is 4.24. The normalized spacial score (nSPS) is 17.5. The van der Waals surface area contributed by atoms with E-state index < -0.39 is 70.3 Å². The zero-order valence-corrected chi connectivity index (χ0v) is 20.5. The first-order valence-corrected chi connectivity index (χ1v) is 11.8. The van der Waals surface area contributed by atoms with E-state index in [4.69, 9.17) is 16.3 Å². The molecule has 0 unspecified atom stereocenters. The van der Waals surface area contributed by atoms with Crippen molar-refractivity contribution in [1.29, 1.82) is 0 Å². The highest BCUT2D eigenvalue weighted by Gasteiger charge is 2.39. The number of rotatable bonds is 7. The second-order valence-electron chi connectivity index (χ2n) is 8.89. The van der Waals surface area contributed by atoms with E-state index in [1.165, 1.54) is 0 Å². The minimum Gasteiger partial charge on any atom is -0.373 e. The molecule has 2 N–H and O–H groups in total. The van der Waals surface area contributed by atoms with Crippen molar-refractivity contribution in [2.75, 3.05) is 0 Å². The predicted molar refractivity (Wildman–Crippen MR) is 125 cm³/mol. The minimum atomic E-state index is -5.18. The second kappa shape index (κ2) is 11.0. The number of carbonyl (C=O) groups excluding carboxylic acids is 1. The van der Waals surface area contributed by atoms with Gasteiger partial charge >= 0.3 is 12.4 Å². The van der Waals surface area contributed by atoms with Crippen molar-refractivity contribution in [2.24, 2.45) is 5.92 Å². The number of hydrogen-bond donors (Lipinski definition) is 2. The van der Waals surface area contributed by atoms with E-state index in [0.717, 1.165) is 11.6 Å². The molecule has 1 aromatic heterocycles. The fourth-order valence-electron chi connectivity index (χ4n) is 4.03. The van der Waals surface area contributed by atoms with Crippen molar-refractivity contribution in [1.82, 2.24) is 15.3 Å². The number of aromatic nitrogens is 2. The molecule has 0 bridgehead atoms. The van der Waals surface area contributed by atoms with Gasteiger partial charge in [0, 0.05) is 29.1 Å². The Morgan fingerprint density at radius 1 is 1.08 bits per heavy atom. The average molecular weight is 578 g/mol. The van der Waals surface area contributed by atoms with Crippen LogP contribution >= 0.6 is 11.6 Å². The maximum Gasteiger partial charge on any atom is 0.433 e. The third kappa shape index (κ3) is 6.77. The Morgan fingerprint density at radius 2 is 1.79 bits per heavy atom. The molecule has 0 aliphatic heterocycles. The monoisotopic (exact) mass is 577 g/mol. The first-order chi connectivity index (χ1) is 18.2. The van der Waals surface area contributed by atoms with Crippen LogP contribution in [0.2, 0.25) is 5.02 Å². The Hall–Kier alpha value is -3.45. The lowest BCUT2D eigenvalue weighted by Gasteiger charge is -2.34. The Bertz CT molecular complexity index is 1430. The number of alkyl halides is 6. The molecule has 39 heavy (non-hydrogen) atoms. The number of aromatic amines is 1. The van der Waals surface area contributed by atoms with E-state index in [-0.39, 0.29) is 18.8 Å². The summed E-state index contributed by atoms with van der Waals surface area (Å²) in [6.07, 6.45) is -9.83. The molecule has 0 atom stereocenters. The molecular formula is C25H19ClF7N3O3. The highest BCUT2D eigenvalue weighted by atomic mass is 35.5. The summed E-state index contributed by atoms with van der Waals surface area (Å²) in [5, 5.41) is 2.97. The van der Waals surface area contributed by atoms with Gasteiger partial charge in [0.05, 0.1) is 23.8 Å². The van der Waals surface area contributed by atoms with Crippen LogP contribution in [0.1, 0.15) is 35.2 Å². The van der Waals surface area contributed by atoms with Crippen molar-refractivity contribution < 1.29 is 40.3 Å². The second-order valence-corrected chi connectivity index (χ2v) is 9.32. The van der Waals surface area contributed by atoms with Crippen molar-refractivity contribution in [3.05, 3.63) is 86.0 Å². The zero-order valence-electron chi connectivity index (χ0n) is 19.7. The number of hydrogen-bond acceptors (Lipinski definition) is 4. The Kier molecular flexibility index (Phi) is 8.03. The lowest BCUT2D eigenvalue weighted by molar-refractivity contribution is -0.141. The van der Waals surface area contributed by atoms with E-state index in [2.05, 4.69) is 10.3 Å². The molecule has 1 fully saturated rings. The summed E-state index contributed by atoms with van der Waals surface area (Å²) in [6, 6.07) is 8.29. The van der Waals surface area contributed by atoms with Crippen LogP contribution in [0.3, 0.4) is 0 Å². The topological polar surface area (TPSA) is 84.1 Å². The van der Waals surface area contributed by atoms with E-state index in [0.29, 0.717) is 23.9 Å². The van der Waals surface area contributed by atoms with Gasteiger partial charge in [0.2, 0.25) is 5.91 Å². The molecule has 208 valence electrons. The first kappa shape index (κ1) is 28.6. The summed E-state index contributed by atoms with van der Waals surface area (Å²) in [6.45, 7) is -0.270. The molecule has 1 saturated carbocycles. The minimum absolute atomic E-state index is 0.0450. The third-order valence-corrected chi connectivity index (χ3v) is 6.32. The van der Waals surface area contributed by atoms with Crippen LogP contribution < -0.4 is 10.9 Å². The summed E-state index contributed by atoms with van der Waals surface area (Å²) in [5.74, 6) is -3.80. The van der Waals surface area contributed by atoms with E-state index >= 15 is 4.39 Å². The number of nitrogens with one attached hydrogen (secondary N) is 2. The number of H-pyrrole nitrogens is 1. The molecule has 6 nitrogen and oxygen atoms in total. The van der Waals surface area contributed by atoms with Gasteiger partial charge in [0.25, 0.3) is 5.56 Å². The molecular weight excluding hydrogens is 559 g/mol. The van der Waals surface area contributed by atoms with Gasteiger partial charge < -0.3 is 15.0 Å². The Labute approximate surface area is 221 Å². The van der Waals surface area contributed by atoms with Gasteiger partial charge in [-0.25, -0.2) is 9.37 Å². The summed E-state index contributed by atoms with van der Waals surface area (Å²) in [7, 11) is 0. The van der Waals surface area contributed by atoms with Crippen LogP contribution in [0.5, 0.6) is 0 Å². The fraction of sp³-hybridized carbons (Fsp3) is 0.320. The van der Waals surface area contributed by atoms with Gasteiger partial charge in [-0.2, -0.15) is 26.3 Å². The molecule has 2 aromatic carbocycles. The molecule has 4 rings (SSSR count). The third-order valence-electron chi connectivity index (χ3n) is 6.09. The lowest BCUT2D eigenvalue weighted by atomic mass is 9.81. The molecule has 14 heteroatoms. The summed E-state index contributed by atoms with van der Waals surface area (Å²) >= 11 is 5.92. The number of ether oxygens (including phenoxy) is 1. The lowest BCUT2D eigenvalue weighted by Crippen LogP contribution is -2.42. The number of carbonyl (C=O) groups is 1. The summed E-state index contributed by atoms with van der Waals surface area (Å²) < 4.78 is 101. The summed E-state index contributed by atoms with van der Waals surface area (Å²) in [5.41, 5.74) is -5.81. The van der Waals surface area contributed by atoms with Crippen LogP contribution in [0, 0.1) is 11.7 Å². The quantitative estimate of drug-likeness (QED) is 0.344. The van der Waals surface area contributed by atoms with Crippen molar-refractivity contribution in [2.45, 2.75) is 44.4 Å². The first-order valence-electron chi connectivity index (χ1n) is 11.4. The Balaban J connectivity index is 1.46. The van der Waals surface area contributed by atoms with E-state index in [1.807, 2.05) is 6.07 Å². The van der Waals surface area contributed by atoms with Crippen LogP contribution in [0.4, 0.5) is 30.7 Å². The summed E-state index contributed by atoms with van der Waals surface area (Å²) in [4.78, 5) is 29.0. The van der Waals surface area contributed by atoms with Gasteiger partial charge in [0.15, 0.2) is 5.69 Å². The molecule has 0 spiro atoms. The largest absolute Gasteiger partial charge is 0.433 e. The maximum absolute atomic E-state index is 15.3. The van der Waals surface area contributed by atoms with Crippen molar-refractivity contribution in [3.8, 4) is 11.4 Å². The molecule has 3 aromatic rings. The van der Waals surface area contributed by atoms with Gasteiger partial charge in [-0.3, -0.25) is 9.59 Å². The average Bonchev–Trinajstić information content (AvgIpc) is 2.80. The highest BCUT2D eigenvalue weighted by molar-refractivity contribution is 6.30. The molecule has 1 aliphatic rings. The van der Waals surface area contributed by atoms with Crippen LogP contribution in [-0.4, -0.2) is 22.0 Å². The van der Waals surface area contributed by atoms with Gasteiger partial charge in [-0.15, -0.1) is 0 Å². The smallest absolute Gasteiger partial charge is 0.373 e. The molecule has 0 saturated heterocycles. The van der Waals surface area contributed by atoms with Crippen LogP contribution in [0.25, 0.3) is 11.4 Å². The molecule has 1 heterocycles. The number of nitrogens with zero attached hydrogens (tertiary/aromatic N) is 1. The predicted octanol–water partition coefficient (Wildman–Crippen LogP) is 5.88. The molecule has 0 radical (unpaired) electrons. The number of halogens is 8. The van der Waals surface area contributed by atoms with E-state index in [1.54, 1.807) is 23.2 Å². The van der Waals surface area contributed by atoms with Gasteiger partial charge in [-0.05, 0) is 36.6 Å². The molecule has 1 amide bonds. The van der Waals surface area contributed by atoms with Crippen LogP contribution in [0.15, 0.2) is 47.3 Å². The van der Waals surface area contributed by atoms with Crippen molar-refractivity contribution in [3.63, 3.8) is 0 Å².